The fourth-order valence-electron chi connectivity index (χ4n) is 2.80. The number of rotatable bonds is 6. The van der Waals surface area contributed by atoms with Gasteiger partial charge in [0.05, 0.1) is 0 Å². The molecule has 0 spiro atoms. The minimum atomic E-state index is -0.939. The Morgan fingerprint density at radius 2 is 1.67 bits per heavy atom. The van der Waals surface area contributed by atoms with Gasteiger partial charge in [0.25, 0.3) is 5.91 Å². The number of nitrogens with two attached hydrogens (primary N) is 1. The molecule has 0 saturated heterocycles. The van der Waals surface area contributed by atoms with Crippen molar-refractivity contribution < 1.29 is 20.1 Å². The van der Waals surface area contributed by atoms with E-state index in [1.165, 1.54) is 0 Å². The molecule has 0 aliphatic rings. The Balaban J connectivity index is 3.94. The van der Waals surface area contributed by atoms with Crippen LogP contribution >= 0.6 is 0 Å². The van der Waals surface area contributed by atoms with Gasteiger partial charge in [-0.25, -0.2) is 0 Å². The quantitative estimate of drug-likeness (QED) is 0.605. The van der Waals surface area contributed by atoms with E-state index in [1.54, 1.807) is 13.0 Å². The zero-order valence-corrected chi connectivity index (χ0v) is 12.7. The highest BCUT2D eigenvalue weighted by Gasteiger charge is 2.36. The number of phenolic OH excluding ortho intramolecular Hbond substituents is 1. The number of amides is 1. The van der Waals surface area contributed by atoms with E-state index in [-0.39, 0.29) is 22.4 Å². The van der Waals surface area contributed by atoms with Gasteiger partial charge in [-0.05, 0) is 19.3 Å². The molecule has 0 aromatic heterocycles. The number of primary amides is 1. The second kappa shape index (κ2) is 6.08. The molecule has 0 aliphatic carbocycles. The minimum absolute atomic E-state index is 0.199. The molecule has 1 aromatic carbocycles. The van der Waals surface area contributed by atoms with Crippen LogP contribution in [0.15, 0.2) is 12.7 Å². The predicted molar refractivity (Wildman–Crippen MR) is 81.8 cm³/mol. The molecule has 0 aliphatic heterocycles. The van der Waals surface area contributed by atoms with Crippen molar-refractivity contribution in [2.45, 2.75) is 45.4 Å². The van der Waals surface area contributed by atoms with Crippen molar-refractivity contribution in [2.24, 2.45) is 5.73 Å². The summed E-state index contributed by atoms with van der Waals surface area (Å²) in [6.45, 7) is 9.31. The highest BCUT2D eigenvalue weighted by atomic mass is 16.3. The molecule has 0 fully saturated rings. The van der Waals surface area contributed by atoms with E-state index in [4.69, 9.17) is 5.73 Å². The van der Waals surface area contributed by atoms with Gasteiger partial charge in [0.15, 0.2) is 0 Å². The third-order valence-electron chi connectivity index (χ3n) is 4.27. The summed E-state index contributed by atoms with van der Waals surface area (Å²) in [7, 11) is 0. The highest BCUT2D eigenvalue weighted by molar-refractivity contribution is 6.00. The summed E-state index contributed by atoms with van der Waals surface area (Å²) in [6.07, 6.45) is 3.08. The number of aromatic hydroxyl groups is 3. The van der Waals surface area contributed by atoms with Crippen LogP contribution in [0.3, 0.4) is 0 Å². The second-order valence-electron chi connectivity index (χ2n) is 5.06. The minimum Gasteiger partial charge on any atom is -0.507 e. The summed E-state index contributed by atoms with van der Waals surface area (Å²) in [5.74, 6) is -2.08. The Bertz CT molecular complexity index is 574. The number of hydrogen-bond donors (Lipinski definition) is 4. The Morgan fingerprint density at radius 1 is 1.14 bits per heavy atom. The van der Waals surface area contributed by atoms with E-state index in [2.05, 4.69) is 6.58 Å². The molecule has 5 heteroatoms. The lowest BCUT2D eigenvalue weighted by atomic mass is 9.73. The SMILES string of the molecule is C=CC(CC)(CC)c1c(O)c(CC)c(O)c(C(N)=O)c1O. The van der Waals surface area contributed by atoms with Gasteiger partial charge >= 0.3 is 0 Å². The zero-order chi connectivity index (χ0) is 16.4. The van der Waals surface area contributed by atoms with Crippen molar-refractivity contribution in [2.75, 3.05) is 0 Å². The number of carbonyl (C=O) groups is 1. The first-order valence-electron chi connectivity index (χ1n) is 7.04. The van der Waals surface area contributed by atoms with Gasteiger partial charge in [-0.1, -0.05) is 26.8 Å². The van der Waals surface area contributed by atoms with Crippen molar-refractivity contribution in [1.29, 1.82) is 0 Å². The number of hydrogen-bond acceptors (Lipinski definition) is 4. The Morgan fingerprint density at radius 3 is 2.00 bits per heavy atom. The lowest BCUT2D eigenvalue weighted by Crippen LogP contribution is -2.24. The standard InChI is InChI=1S/C16H23NO4/c1-5-9-12(18)10(15(17)21)14(20)11(13(9)19)16(6-2,7-3)8-4/h6,18-20H,2,5,7-8H2,1,3-4H3,(H2,17,21). The molecule has 0 unspecified atom stereocenters. The molecule has 21 heavy (non-hydrogen) atoms. The number of carbonyl (C=O) groups excluding carboxylic acids is 1. The van der Waals surface area contributed by atoms with E-state index < -0.39 is 22.8 Å². The zero-order valence-electron chi connectivity index (χ0n) is 12.7. The molecule has 1 aromatic rings. The van der Waals surface area contributed by atoms with Gasteiger partial charge in [0.1, 0.15) is 22.8 Å². The molecule has 1 amide bonds. The van der Waals surface area contributed by atoms with Crippen LogP contribution in [0.2, 0.25) is 0 Å². The van der Waals surface area contributed by atoms with Crippen molar-refractivity contribution >= 4 is 5.91 Å². The van der Waals surface area contributed by atoms with Gasteiger partial charge in [-0.3, -0.25) is 4.79 Å². The maximum Gasteiger partial charge on any atom is 0.256 e. The molecule has 5 nitrogen and oxygen atoms in total. The maximum absolute atomic E-state index is 11.6. The van der Waals surface area contributed by atoms with Crippen LogP contribution in [0.25, 0.3) is 0 Å². The summed E-state index contributed by atoms with van der Waals surface area (Å²) in [4.78, 5) is 11.6. The number of benzene rings is 1. The molecule has 0 bridgehead atoms. The average Bonchev–Trinajstić information content (AvgIpc) is 2.44. The Kier molecular flexibility index (Phi) is 4.88. The molecule has 0 atom stereocenters. The lowest BCUT2D eigenvalue weighted by Gasteiger charge is -2.31. The van der Waals surface area contributed by atoms with Crippen molar-refractivity contribution in [3.8, 4) is 17.2 Å². The van der Waals surface area contributed by atoms with Gasteiger partial charge in [0.2, 0.25) is 0 Å². The van der Waals surface area contributed by atoms with Crippen LogP contribution in [0.4, 0.5) is 0 Å². The fraction of sp³-hybridized carbons (Fsp3) is 0.438. The first kappa shape index (κ1) is 16.9. The highest BCUT2D eigenvalue weighted by Crippen LogP contribution is 2.50. The van der Waals surface area contributed by atoms with Crippen LogP contribution in [0.1, 0.15) is 55.1 Å². The van der Waals surface area contributed by atoms with Gasteiger partial charge in [-0.2, -0.15) is 0 Å². The van der Waals surface area contributed by atoms with Gasteiger partial charge in [0, 0.05) is 16.5 Å². The monoisotopic (exact) mass is 293 g/mol. The molecule has 5 N–H and O–H groups in total. The normalized spacial score (nSPS) is 11.4. The largest absolute Gasteiger partial charge is 0.507 e. The average molecular weight is 293 g/mol. The predicted octanol–water partition coefficient (Wildman–Crippen LogP) is 2.71. The summed E-state index contributed by atoms with van der Waals surface area (Å²) in [6, 6.07) is 0. The first-order valence-corrected chi connectivity index (χ1v) is 7.04. The van der Waals surface area contributed by atoms with Crippen LogP contribution in [0, 0.1) is 0 Å². The van der Waals surface area contributed by atoms with Crippen LogP contribution in [0.5, 0.6) is 17.2 Å². The second-order valence-corrected chi connectivity index (χ2v) is 5.06. The van der Waals surface area contributed by atoms with Crippen LogP contribution < -0.4 is 5.73 Å². The smallest absolute Gasteiger partial charge is 0.256 e. The summed E-state index contributed by atoms with van der Waals surface area (Å²) < 4.78 is 0. The number of allylic oxidation sites excluding steroid dienone is 1. The summed E-state index contributed by atoms with van der Waals surface area (Å²) >= 11 is 0. The lowest BCUT2D eigenvalue weighted by molar-refractivity contribution is 0.0994. The molecule has 0 radical (unpaired) electrons. The van der Waals surface area contributed by atoms with E-state index in [0.29, 0.717) is 19.3 Å². The molecule has 0 saturated carbocycles. The first-order chi connectivity index (χ1) is 9.81. The molecular formula is C16H23NO4. The van der Waals surface area contributed by atoms with Crippen LogP contribution in [-0.2, 0) is 11.8 Å². The van der Waals surface area contributed by atoms with E-state index in [9.17, 15) is 20.1 Å². The van der Waals surface area contributed by atoms with E-state index >= 15 is 0 Å². The van der Waals surface area contributed by atoms with Crippen molar-refractivity contribution in [3.63, 3.8) is 0 Å². The van der Waals surface area contributed by atoms with Gasteiger partial charge < -0.3 is 21.1 Å². The van der Waals surface area contributed by atoms with E-state index in [1.807, 2.05) is 13.8 Å². The third-order valence-corrected chi connectivity index (χ3v) is 4.27. The summed E-state index contributed by atoms with van der Waals surface area (Å²) in [5.41, 5.74) is 4.61. The molecule has 1 rings (SSSR count). The van der Waals surface area contributed by atoms with Gasteiger partial charge in [-0.15, -0.1) is 6.58 Å². The Hall–Kier alpha value is -2.17. The Labute approximate surface area is 124 Å². The van der Waals surface area contributed by atoms with Crippen LogP contribution in [-0.4, -0.2) is 21.2 Å². The number of phenols is 3. The topological polar surface area (TPSA) is 104 Å². The summed E-state index contributed by atoms with van der Waals surface area (Å²) in [5, 5.41) is 30.9. The van der Waals surface area contributed by atoms with E-state index in [0.717, 1.165) is 0 Å². The van der Waals surface area contributed by atoms with Crippen molar-refractivity contribution in [1.82, 2.24) is 0 Å². The third kappa shape index (κ3) is 2.44. The molecular weight excluding hydrogens is 270 g/mol. The fourth-order valence-corrected chi connectivity index (χ4v) is 2.80. The molecule has 0 heterocycles. The van der Waals surface area contributed by atoms with Crippen molar-refractivity contribution in [3.05, 3.63) is 29.3 Å². The maximum atomic E-state index is 11.6. The molecule has 116 valence electrons.